The monoisotopic (exact) mass is 335 g/mol. The Kier molecular flexibility index (Phi) is 9.09. The van der Waals surface area contributed by atoms with Gasteiger partial charge in [-0.3, -0.25) is 9.37 Å². The normalized spacial score (nSPS) is 9.04. The Morgan fingerprint density at radius 3 is 2.04 bits per heavy atom. The molecule has 0 spiro atoms. The molecular weight excluding hydrogens is 322 g/mol. The van der Waals surface area contributed by atoms with Crippen molar-refractivity contribution in [3.05, 3.63) is 59.4 Å². The summed E-state index contributed by atoms with van der Waals surface area (Å²) in [5.74, 6) is -9.49. The average molecular weight is 335 g/mol. The lowest BCUT2D eigenvalue weighted by Gasteiger charge is -2.07. The highest BCUT2D eigenvalue weighted by atomic mass is 19.2. The van der Waals surface area contributed by atoms with Gasteiger partial charge in [0.25, 0.3) is 0 Å². The lowest BCUT2D eigenvalue weighted by molar-refractivity contribution is 0.0717. The van der Waals surface area contributed by atoms with Crippen LogP contribution in [0.2, 0.25) is 0 Å². The summed E-state index contributed by atoms with van der Waals surface area (Å²) in [7, 11) is 2.00. The van der Waals surface area contributed by atoms with Crippen LogP contribution in [0, 0.1) is 23.3 Å². The fourth-order valence-corrected chi connectivity index (χ4v) is 1.28. The fourth-order valence-electron chi connectivity index (χ4n) is 1.28. The topological polar surface area (TPSA) is 65.2 Å². The molecule has 0 aliphatic heterocycles. The van der Waals surface area contributed by atoms with Crippen molar-refractivity contribution in [2.75, 3.05) is 14.2 Å². The van der Waals surface area contributed by atoms with Crippen LogP contribution in [0.1, 0.15) is 10.4 Å². The molecule has 2 rings (SSSR count). The minimum absolute atomic E-state index is 0.0199. The zero-order valence-electron chi connectivity index (χ0n) is 12.1. The summed E-state index contributed by atoms with van der Waals surface area (Å²) in [6.45, 7) is 0. The third-order valence-electron chi connectivity index (χ3n) is 2.16. The summed E-state index contributed by atoms with van der Waals surface area (Å²) in [6.07, 6.45) is 2.44. The Bertz CT molecular complexity index is 613. The van der Waals surface area contributed by atoms with Gasteiger partial charge in [0.2, 0.25) is 17.4 Å². The van der Waals surface area contributed by atoms with Gasteiger partial charge in [0, 0.05) is 18.5 Å². The Balaban J connectivity index is 0.00000112. The lowest BCUT2D eigenvalue weighted by Crippen LogP contribution is -2.12. The van der Waals surface area contributed by atoms with Crippen LogP contribution < -0.4 is 10.5 Å². The number of hydrogen-bond donors (Lipinski definition) is 1. The van der Waals surface area contributed by atoms with Gasteiger partial charge in [-0.25, -0.2) is 13.6 Å². The maximum absolute atomic E-state index is 13.2. The summed E-state index contributed by atoms with van der Waals surface area (Å²) in [5.41, 5.74) is 4.38. The minimum atomic E-state index is -1.78. The first-order chi connectivity index (χ1) is 11.0. The first-order valence-electron chi connectivity index (χ1n) is 5.91. The maximum Gasteiger partial charge on any atom is 0.345 e. The van der Waals surface area contributed by atoms with E-state index in [-0.39, 0.29) is 11.6 Å². The van der Waals surface area contributed by atoms with Gasteiger partial charge in [0.05, 0.1) is 12.7 Å². The van der Waals surface area contributed by atoms with Crippen molar-refractivity contribution in [1.82, 2.24) is 4.98 Å². The molecule has 0 saturated carbocycles. The van der Waals surface area contributed by atoms with Crippen molar-refractivity contribution >= 4 is 5.97 Å². The highest BCUT2D eigenvalue weighted by molar-refractivity contribution is 5.90. The fraction of sp³-hybridized carbons (Fsp3) is 0.143. The number of carbonyl (C=O) groups is 1. The van der Waals surface area contributed by atoms with E-state index in [1.165, 1.54) is 25.4 Å². The van der Waals surface area contributed by atoms with Crippen molar-refractivity contribution < 1.29 is 31.5 Å². The zero-order valence-corrected chi connectivity index (χ0v) is 12.1. The summed E-state index contributed by atoms with van der Waals surface area (Å²) in [4.78, 5) is 15.1. The SMILES string of the molecule is CN.C[18F].O=C(Oc1c(F)c(F)cc(F)c1F)c1cccnc1. The Morgan fingerprint density at radius 2 is 1.61 bits per heavy atom. The molecule has 0 aliphatic rings. The van der Waals surface area contributed by atoms with E-state index in [1.807, 2.05) is 0 Å². The van der Waals surface area contributed by atoms with Gasteiger partial charge in [0.15, 0.2) is 11.6 Å². The van der Waals surface area contributed by atoms with Crippen LogP contribution in [0.15, 0.2) is 30.6 Å². The molecule has 2 N–H and O–H groups in total. The third-order valence-corrected chi connectivity index (χ3v) is 2.16. The predicted molar refractivity (Wildman–Crippen MR) is 72.6 cm³/mol. The molecule has 0 fully saturated rings. The van der Waals surface area contributed by atoms with Gasteiger partial charge in [-0.2, -0.15) is 8.78 Å². The van der Waals surface area contributed by atoms with Crippen LogP contribution in [-0.4, -0.2) is 25.2 Å². The van der Waals surface area contributed by atoms with Gasteiger partial charge in [-0.05, 0) is 19.2 Å². The van der Waals surface area contributed by atoms with E-state index in [9.17, 15) is 26.7 Å². The number of carbonyl (C=O) groups excluding carboxylic acids is 1. The Morgan fingerprint density at radius 1 is 1.09 bits per heavy atom. The molecule has 126 valence electrons. The van der Waals surface area contributed by atoms with Gasteiger partial charge >= 0.3 is 5.97 Å². The number of alkyl halides is 1. The number of halogens is 5. The average Bonchev–Trinajstić information content (AvgIpc) is 2.61. The second-order valence-corrected chi connectivity index (χ2v) is 3.43. The molecule has 0 radical (unpaired) electrons. The summed E-state index contributed by atoms with van der Waals surface area (Å²) in [5, 5.41) is 0. The number of benzene rings is 1. The predicted octanol–water partition coefficient (Wildman–Crippen LogP) is 3.02. The molecule has 0 saturated heterocycles. The molecule has 9 heteroatoms. The van der Waals surface area contributed by atoms with Gasteiger partial charge < -0.3 is 10.5 Å². The maximum atomic E-state index is 13.2. The van der Waals surface area contributed by atoms with Crippen LogP contribution >= 0.6 is 0 Å². The number of aromatic nitrogens is 1. The highest BCUT2D eigenvalue weighted by Crippen LogP contribution is 2.27. The highest BCUT2D eigenvalue weighted by Gasteiger charge is 2.23. The van der Waals surface area contributed by atoms with Crippen molar-refractivity contribution in [2.24, 2.45) is 5.73 Å². The van der Waals surface area contributed by atoms with Gasteiger partial charge in [-0.15, -0.1) is 0 Å². The first kappa shape index (κ1) is 20.5. The second kappa shape index (κ2) is 10.2. The number of rotatable bonds is 2. The lowest BCUT2D eigenvalue weighted by atomic mass is 10.2. The van der Waals surface area contributed by atoms with Crippen molar-refractivity contribution in [2.45, 2.75) is 0 Å². The van der Waals surface area contributed by atoms with E-state index in [0.29, 0.717) is 7.18 Å². The summed E-state index contributed by atoms with van der Waals surface area (Å²) >= 11 is 0. The first-order valence-corrected chi connectivity index (χ1v) is 5.91. The van der Waals surface area contributed by atoms with Crippen LogP contribution in [0.3, 0.4) is 0 Å². The molecular formula is C14H13F5N2O2. The standard InChI is InChI=1S/C12H5F4NO2.CH3F.CH5N/c13-7-4-8(14)10(16)11(9(7)15)19-12(18)6-2-1-3-17-5-6;2*1-2/h1-5H;1H3;2H2,1H3/i;2-1;. The number of pyridine rings is 1. The van der Waals surface area contributed by atoms with E-state index in [4.69, 9.17) is 0 Å². The van der Waals surface area contributed by atoms with E-state index in [0.717, 1.165) is 6.20 Å². The smallest absolute Gasteiger partial charge is 0.345 e. The third kappa shape index (κ3) is 5.29. The van der Waals surface area contributed by atoms with E-state index >= 15 is 0 Å². The number of ether oxygens (including phenoxy) is 1. The number of hydrogen-bond acceptors (Lipinski definition) is 4. The molecule has 1 heterocycles. The van der Waals surface area contributed by atoms with E-state index in [2.05, 4.69) is 15.5 Å². The summed E-state index contributed by atoms with van der Waals surface area (Å²) in [6, 6.07) is 2.67. The molecule has 0 atom stereocenters. The molecule has 0 bridgehead atoms. The largest absolute Gasteiger partial charge is 0.416 e. The second-order valence-electron chi connectivity index (χ2n) is 3.43. The van der Waals surface area contributed by atoms with E-state index in [1.54, 1.807) is 0 Å². The van der Waals surface area contributed by atoms with Crippen LogP contribution in [0.25, 0.3) is 0 Å². The van der Waals surface area contributed by atoms with Crippen LogP contribution in [0.4, 0.5) is 22.0 Å². The van der Waals surface area contributed by atoms with Crippen LogP contribution in [-0.2, 0) is 0 Å². The molecule has 1 aromatic carbocycles. The van der Waals surface area contributed by atoms with Gasteiger partial charge in [0.1, 0.15) is 0 Å². The number of nitrogens with two attached hydrogens (primary N) is 1. The van der Waals surface area contributed by atoms with Crippen LogP contribution in [0.5, 0.6) is 5.75 Å². The molecule has 2 aromatic rings. The minimum Gasteiger partial charge on any atom is -0.416 e. The molecule has 0 amide bonds. The Labute approximate surface area is 128 Å². The zero-order chi connectivity index (χ0) is 18.0. The van der Waals surface area contributed by atoms with Crippen molar-refractivity contribution in [1.29, 1.82) is 0 Å². The molecule has 1 aromatic heterocycles. The molecule has 0 unspecified atom stereocenters. The van der Waals surface area contributed by atoms with Crippen molar-refractivity contribution in [3.63, 3.8) is 0 Å². The molecule has 0 aliphatic carbocycles. The van der Waals surface area contributed by atoms with Crippen molar-refractivity contribution in [3.8, 4) is 5.75 Å². The number of nitrogens with zero attached hydrogens (tertiary/aromatic N) is 1. The quantitative estimate of drug-likeness (QED) is 0.397. The Hall–Kier alpha value is -2.55. The van der Waals surface area contributed by atoms with Gasteiger partial charge in [-0.1, -0.05) is 0 Å². The molecule has 4 nitrogen and oxygen atoms in total. The van der Waals surface area contributed by atoms with E-state index < -0.39 is 35.0 Å². The number of esters is 1. The summed E-state index contributed by atoms with van der Waals surface area (Å²) < 4.78 is 66.1. The molecule has 23 heavy (non-hydrogen) atoms.